The maximum Gasteiger partial charge on any atom is 0.309 e. The molecule has 0 rings (SSSR count). The lowest BCUT2D eigenvalue weighted by atomic mass is 9.77. The van der Waals surface area contributed by atoms with Crippen molar-refractivity contribution in [3.05, 3.63) is 0 Å². The Morgan fingerprint density at radius 3 is 2.00 bits per heavy atom. The van der Waals surface area contributed by atoms with Gasteiger partial charge < -0.3 is 19.3 Å². The molecule has 0 saturated heterocycles. The Morgan fingerprint density at radius 1 is 1.04 bits per heavy atom. The quantitative estimate of drug-likeness (QED) is 0.410. The molecule has 2 atom stereocenters. The van der Waals surface area contributed by atoms with E-state index in [9.17, 15) is 19.6 Å². The molecule has 0 aliphatic rings. The summed E-state index contributed by atoms with van der Waals surface area (Å²) in [5, 5.41) is 17.9. The summed E-state index contributed by atoms with van der Waals surface area (Å²) in [6.07, 6.45) is -1.82. The Morgan fingerprint density at radius 2 is 1.58 bits per heavy atom. The van der Waals surface area contributed by atoms with Gasteiger partial charge in [0, 0.05) is 6.42 Å². The van der Waals surface area contributed by atoms with Gasteiger partial charge in [-0.3, -0.25) is 14.4 Å². The van der Waals surface area contributed by atoms with Crippen molar-refractivity contribution in [3.63, 3.8) is 0 Å². The van der Waals surface area contributed by atoms with Gasteiger partial charge in [0.05, 0.1) is 30.4 Å². The molecule has 0 aromatic rings. The second-order valence-electron chi connectivity index (χ2n) is 6.87. The summed E-state index contributed by atoms with van der Waals surface area (Å²) >= 11 is 0. The first-order valence-electron chi connectivity index (χ1n) is 8.63. The van der Waals surface area contributed by atoms with Gasteiger partial charge in [0.2, 0.25) is 0 Å². The van der Waals surface area contributed by atoms with Crippen LogP contribution in [0.5, 0.6) is 0 Å². The summed E-state index contributed by atoms with van der Waals surface area (Å²) in [5.74, 6) is -2.47. The van der Waals surface area contributed by atoms with Crippen molar-refractivity contribution in [3.8, 4) is 6.07 Å². The Kier molecular flexibility index (Phi) is 10.5. The monoisotopic (exact) mass is 371 g/mol. The predicted molar refractivity (Wildman–Crippen MR) is 91.7 cm³/mol. The number of carbonyl (C=O) groups is 3. The molecule has 8 heteroatoms. The fourth-order valence-electron chi connectivity index (χ4n) is 1.82. The molecule has 0 aromatic heterocycles. The average Bonchev–Trinajstić information content (AvgIpc) is 2.55. The normalized spacial score (nSPS) is 14.4. The predicted octanol–water partition coefficient (Wildman–Crippen LogP) is 2.65. The van der Waals surface area contributed by atoms with Crippen molar-refractivity contribution < 1.29 is 33.7 Å². The van der Waals surface area contributed by atoms with Gasteiger partial charge in [-0.2, -0.15) is 5.26 Å². The van der Waals surface area contributed by atoms with E-state index in [0.717, 1.165) is 0 Å². The van der Waals surface area contributed by atoms with E-state index in [1.54, 1.807) is 20.8 Å². The van der Waals surface area contributed by atoms with Crippen LogP contribution in [0.4, 0.5) is 0 Å². The van der Waals surface area contributed by atoms with Gasteiger partial charge in [0.1, 0.15) is 6.61 Å². The van der Waals surface area contributed by atoms with E-state index in [4.69, 9.17) is 19.3 Å². The van der Waals surface area contributed by atoms with Crippen LogP contribution in [0.15, 0.2) is 0 Å². The van der Waals surface area contributed by atoms with Gasteiger partial charge in [-0.1, -0.05) is 13.8 Å². The lowest BCUT2D eigenvalue weighted by Crippen LogP contribution is -2.31. The van der Waals surface area contributed by atoms with Crippen LogP contribution in [0, 0.1) is 22.7 Å². The first-order valence-corrected chi connectivity index (χ1v) is 8.63. The fraction of sp³-hybridized carbons (Fsp3) is 0.778. The zero-order valence-electron chi connectivity index (χ0n) is 16.1. The van der Waals surface area contributed by atoms with Gasteiger partial charge in [0.25, 0.3) is 6.29 Å². The molecule has 8 nitrogen and oxygen atoms in total. The van der Waals surface area contributed by atoms with Gasteiger partial charge in [-0.25, -0.2) is 0 Å². The topological polar surface area (TPSA) is 123 Å². The molecule has 0 spiro atoms. The number of hydrogen-bond acceptors (Lipinski definition) is 7. The number of ether oxygens (including phenoxy) is 3. The zero-order chi connectivity index (χ0) is 20.3. The second kappa shape index (κ2) is 11.5. The summed E-state index contributed by atoms with van der Waals surface area (Å²) in [6, 6.07) is 2.21. The van der Waals surface area contributed by atoms with Crippen molar-refractivity contribution in [2.45, 2.75) is 72.7 Å². The van der Waals surface area contributed by atoms with E-state index in [-0.39, 0.29) is 37.9 Å². The third-order valence-electron chi connectivity index (χ3n) is 4.01. The van der Waals surface area contributed by atoms with Crippen LogP contribution >= 0.6 is 0 Å². The molecule has 0 aliphatic heterocycles. The molecular formula is C18H29NO7. The fourth-order valence-corrected chi connectivity index (χ4v) is 1.82. The highest BCUT2D eigenvalue weighted by Crippen LogP contribution is 2.31. The highest BCUT2D eigenvalue weighted by molar-refractivity contribution is 5.76. The lowest BCUT2D eigenvalue weighted by Gasteiger charge is -2.26. The minimum Gasteiger partial charge on any atom is -0.481 e. The highest BCUT2D eigenvalue weighted by atomic mass is 16.7. The number of carboxylic acids is 1. The van der Waals surface area contributed by atoms with Gasteiger partial charge >= 0.3 is 17.9 Å². The number of nitrogens with zero attached hydrogens (tertiary/aromatic N) is 1. The van der Waals surface area contributed by atoms with Crippen LogP contribution in [0.1, 0.15) is 60.3 Å². The minimum atomic E-state index is -1.25. The number of rotatable bonds is 12. The molecule has 0 radical (unpaired) electrons. The van der Waals surface area contributed by atoms with E-state index >= 15 is 0 Å². The van der Waals surface area contributed by atoms with E-state index in [1.165, 1.54) is 0 Å². The molecule has 0 fully saturated rings. The Balaban J connectivity index is 4.69. The lowest BCUT2D eigenvalue weighted by molar-refractivity contribution is -0.200. The standard InChI is InChI=1S/C18H29NO7/c1-12(2)18(5,11-19)9-8-16(23)26-17(10-24-13(3)4)25-15(22)7-6-14(20)21/h12-13,17H,6-10H2,1-5H3,(H,20,21). The van der Waals surface area contributed by atoms with E-state index in [0.29, 0.717) is 6.42 Å². The average molecular weight is 371 g/mol. The van der Waals surface area contributed by atoms with Gasteiger partial charge in [-0.05, 0) is 33.1 Å². The number of carboxylic acid groups (broad SMARTS) is 1. The second-order valence-corrected chi connectivity index (χ2v) is 6.87. The number of carbonyl (C=O) groups excluding carboxylic acids is 2. The Hall–Kier alpha value is -2.14. The highest BCUT2D eigenvalue weighted by Gasteiger charge is 2.30. The van der Waals surface area contributed by atoms with E-state index < -0.39 is 29.6 Å². The summed E-state index contributed by atoms with van der Waals surface area (Å²) in [7, 11) is 0. The molecule has 0 aliphatic carbocycles. The SMILES string of the molecule is CC(C)OCC(OC(=O)CCC(=O)O)OC(=O)CCC(C)(C#N)C(C)C. The van der Waals surface area contributed by atoms with Crippen molar-refractivity contribution in [1.82, 2.24) is 0 Å². The van der Waals surface area contributed by atoms with Crippen LogP contribution in [0.2, 0.25) is 0 Å². The molecule has 0 aromatic carbocycles. The minimum absolute atomic E-state index is 0.00685. The molecule has 148 valence electrons. The molecule has 0 bridgehead atoms. The third kappa shape index (κ3) is 9.99. The van der Waals surface area contributed by atoms with Crippen LogP contribution in [-0.4, -0.2) is 42.0 Å². The number of hydrogen-bond donors (Lipinski definition) is 1. The Labute approximate surface area is 154 Å². The summed E-state index contributed by atoms with van der Waals surface area (Å²) in [4.78, 5) is 34.2. The molecule has 2 unspecified atom stereocenters. The smallest absolute Gasteiger partial charge is 0.309 e. The largest absolute Gasteiger partial charge is 0.481 e. The summed E-state index contributed by atoms with van der Waals surface area (Å²) < 4.78 is 15.4. The third-order valence-corrected chi connectivity index (χ3v) is 4.01. The molecule has 0 saturated carbocycles. The molecule has 26 heavy (non-hydrogen) atoms. The first-order chi connectivity index (χ1) is 12.0. The van der Waals surface area contributed by atoms with Crippen LogP contribution < -0.4 is 0 Å². The van der Waals surface area contributed by atoms with E-state index in [2.05, 4.69) is 6.07 Å². The van der Waals surface area contributed by atoms with Crippen LogP contribution in [0.25, 0.3) is 0 Å². The number of esters is 2. The van der Waals surface area contributed by atoms with Crippen LogP contribution in [-0.2, 0) is 28.6 Å². The first kappa shape index (κ1) is 23.9. The number of aliphatic carboxylic acids is 1. The Bertz CT molecular complexity index is 524. The zero-order valence-corrected chi connectivity index (χ0v) is 16.1. The van der Waals surface area contributed by atoms with E-state index in [1.807, 2.05) is 13.8 Å². The van der Waals surface area contributed by atoms with Crippen molar-refractivity contribution in [1.29, 1.82) is 5.26 Å². The van der Waals surface area contributed by atoms with Gasteiger partial charge in [-0.15, -0.1) is 0 Å². The maximum absolute atomic E-state index is 12.1. The summed E-state index contributed by atoms with van der Waals surface area (Å²) in [6.45, 7) is 8.96. The molecule has 0 amide bonds. The van der Waals surface area contributed by atoms with Crippen molar-refractivity contribution in [2.24, 2.45) is 11.3 Å². The summed E-state index contributed by atoms with van der Waals surface area (Å²) in [5.41, 5.74) is -0.666. The van der Waals surface area contributed by atoms with Crippen molar-refractivity contribution in [2.75, 3.05) is 6.61 Å². The molecule has 1 N–H and O–H groups in total. The molecular weight excluding hydrogens is 342 g/mol. The van der Waals surface area contributed by atoms with Gasteiger partial charge in [0.15, 0.2) is 0 Å². The number of nitriles is 1. The van der Waals surface area contributed by atoms with Crippen molar-refractivity contribution >= 4 is 17.9 Å². The molecule has 0 heterocycles. The maximum atomic E-state index is 12.1. The van der Waals surface area contributed by atoms with Crippen LogP contribution in [0.3, 0.4) is 0 Å².